The molecule has 12 rings (SSSR count). The summed E-state index contributed by atoms with van der Waals surface area (Å²) >= 11 is 0. The van der Waals surface area contributed by atoms with E-state index < -0.39 is 0 Å². The van der Waals surface area contributed by atoms with E-state index >= 15 is 0 Å². The fourth-order valence-electron chi connectivity index (χ4n) is 8.41. The molecular weight excluding hydrogens is 701 g/mol. The number of fused-ring (bicyclic) bond motifs is 9. The summed E-state index contributed by atoms with van der Waals surface area (Å²) in [5, 5.41) is 6.60. The predicted molar refractivity (Wildman–Crippen MR) is 230 cm³/mol. The molecule has 0 aliphatic carbocycles. The molecule has 12 aromatic rings. The van der Waals surface area contributed by atoms with E-state index in [1.54, 1.807) is 0 Å². The summed E-state index contributed by atoms with van der Waals surface area (Å²) in [6.45, 7) is 0. The van der Waals surface area contributed by atoms with Crippen LogP contribution in [0, 0.1) is 0 Å². The molecule has 6 heteroatoms. The third-order valence-electron chi connectivity index (χ3n) is 11.1. The van der Waals surface area contributed by atoms with E-state index in [0.717, 1.165) is 88.4 Å². The molecular formula is C51H30N4O2. The van der Waals surface area contributed by atoms with Crippen LogP contribution in [0.3, 0.4) is 0 Å². The summed E-state index contributed by atoms with van der Waals surface area (Å²) in [5.41, 5.74) is 11.2. The number of aromatic nitrogens is 4. The van der Waals surface area contributed by atoms with Crippen LogP contribution in [-0.4, -0.2) is 19.5 Å². The highest BCUT2D eigenvalue weighted by Gasteiger charge is 2.20. The van der Waals surface area contributed by atoms with E-state index in [-0.39, 0.29) is 0 Å². The van der Waals surface area contributed by atoms with Gasteiger partial charge in [-0.1, -0.05) is 140 Å². The Kier molecular flexibility index (Phi) is 6.83. The van der Waals surface area contributed by atoms with Gasteiger partial charge in [-0.15, -0.1) is 0 Å². The van der Waals surface area contributed by atoms with E-state index in [0.29, 0.717) is 17.5 Å². The van der Waals surface area contributed by atoms with Gasteiger partial charge in [-0.3, -0.25) is 0 Å². The van der Waals surface area contributed by atoms with Crippen molar-refractivity contribution in [1.82, 2.24) is 19.5 Å². The van der Waals surface area contributed by atoms with Gasteiger partial charge in [0.05, 0.1) is 16.7 Å². The standard InChI is InChI=1S/C51H30N4O2/c1-3-13-31(14-4-1)35-19-11-20-40-38-27-25-33(29-45(38)56-47(35)40)50-52-49(32-15-5-2-6-16-32)53-51(54-50)34-26-28-39-41-21-12-24-44(48(41)57-46(39)30-34)55-42-22-9-7-17-36(42)37-18-8-10-23-43(37)55/h1-30H. The van der Waals surface area contributed by atoms with Crippen LogP contribution in [0.1, 0.15) is 0 Å². The van der Waals surface area contributed by atoms with Crippen molar-refractivity contribution >= 4 is 65.7 Å². The number of rotatable bonds is 5. The molecule has 6 nitrogen and oxygen atoms in total. The molecule has 0 aliphatic heterocycles. The molecule has 4 aromatic heterocycles. The third-order valence-corrected chi connectivity index (χ3v) is 11.1. The molecule has 0 saturated carbocycles. The second kappa shape index (κ2) is 12.3. The highest BCUT2D eigenvalue weighted by Crippen LogP contribution is 2.40. The zero-order valence-electron chi connectivity index (χ0n) is 30.4. The van der Waals surface area contributed by atoms with Gasteiger partial charge < -0.3 is 13.4 Å². The average Bonchev–Trinajstić information content (AvgIpc) is 3.96. The first kappa shape index (κ1) is 31.5. The Morgan fingerprint density at radius 1 is 0.333 bits per heavy atom. The molecule has 8 aromatic carbocycles. The molecule has 0 unspecified atom stereocenters. The summed E-state index contributed by atoms with van der Waals surface area (Å²) in [5.74, 6) is 1.70. The quantitative estimate of drug-likeness (QED) is 0.176. The van der Waals surface area contributed by atoms with E-state index in [2.05, 4.69) is 126 Å². The molecule has 4 heterocycles. The maximum absolute atomic E-state index is 6.81. The molecule has 0 aliphatic rings. The minimum Gasteiger partial charge on any atom is -0.455 e. The lowest BCUT2D eigenvalue weighted by molar-refractivity contribution is 0.666. The topological polar surface area (TPSA) is 69.9 Å². The van der Waals surface area contributed by atoms with Crippen LogP contribution in [0.15, 0.2) is 191 Å². The zero-order chi connectivity index (χ0) is 37.5. The Morgan fingerprint density at radius 3 is 1.42 bits per heavy atom. The lowest BCUT2D eigenvalue weighted by atomic mass is 10.0. The Bertz CT molecular complexity index is 3470. The molecule has 0 atom stereocenters. The van der Waals surface area contributed by atoms with Gasteiger partial charge in [0.2, 0.25) is 0 Å². The Morgan fingerprint density at radius 2 is 0.807 bits per heavy atom. The van der Waals surface area contributed by atoms with Crippen molar-refractivity contribution in [3.63, 3.8) is 0 Å². The molecule has 0 amide bonds. The maximum atomic E-state index is 6.81. The monoisotopic (exact) mass is 730 g/mol. The molecule has 57 heavy (non-hydrogen) atoms. The fourth-order valence-corrected chi connectivity index (χ4v) is 8.41. The molecule has 0 bridgehead atoms. The minimum atomic E-state index is 0.555. The first-order valence-corrected chi connectivity index (χ1v) is 19.0. The van der Waals surface area contributed by atoms with Gasteiger partial charge in [0, 0.05) is 54.6 Å². The van der Waals surface area contributed by atoms with Gasteiger partial charge in [0.1, 0.15) is 16.7 Å². The van der Waals surface area contributed by atoms with E-state index in [1.165, 1.54) is 10.8 Å². The maximum Gasteiger partial charge on any atom is 0.164 e. The van der Waals surface area contributed by atoms with Crippen LogP contribution >= 0.6 is 0 Å². The van der Waals surface area contributed by atoms with Gasteiger partial charge in [0.15, 0.2) is 23.1 Å². The average molecular weight is 731 g/mol. The summed E-state index contributed by atoms with van der Waals surface area (Å²) in [4.78, 5) is 15.2. The van der Waals surface area contributed by atoms with Crippen LogP contribution in [0.25, 0.3) is 117 Å². The molecule has 266 valence electrons. The number of para-hydroxylation sites is 4. The largest absolute Gasteiger partial charge is 0.455 e. The first-order chi connectivity index (χ1) is 28.2. The van der Waals surface area contributed by atoms with Crippen molar-refractivity contribution in [2.45, 2.75) is 0 Å². The minimum absolute atomic E-state index is 0.555. The van der Waals surface area contributed by atoms with Crippen LogP contribution in [0.5, 0.6) is 0 Å². The normalized spacial score (nSPS) is 11.9. The van der Waals surface area contributed by atoms with Crippen LogP contribution < -0.4 is 0 Å². The lowest BCUT2D eigenvalue weighted by Gasteiger charge is -2.08. The highest BCUT2D eigenvalue weighted by atomic mass is 16.3. The van der Waals surface area contributed by atoms with Gasteiger partial charge in [-0.05, 0) is 48.0 Å². The van der Waals surface area contributed by atoms with Gasteiger partial charge in [0.25, 0.3) is 0 Å². The Balaban J connectivity index is 1.01. The predicted octanol–water partition coefficient (Wildman–Crippen LogP) is 13.4. The number of hydrogen-bond acceptors (Lipinski definition) is 5. The van der Waals surface area contributed by atoms with Gasteiger partial charge in [-0.25, -0.2) is 15.0 Å². The second-order valence-electron chi connectivity index (χ2n) is 14.4. The smallest absolute Gasteiger partial charge is 0.164 e. The van der Waals surface area contributed by atoms with Crippen molar-refractivity contribution in [3.8, 4) is 51.0 Å². The Hall–Kier alpha value is -7.83. The first-order valence-electron chi connectivity index (χ1n) is 19.0. The van der Waals surface area contributed by atoms with E-state index in [9.17, 15) is 0 Å². The summed E-state index contributed by atoms with van der Waals surface area (Å²) in [7, 11) is 0. The number of nitrogens with zero attached hydrogens (tertiary/aromatic N) is 4. The van der Waals surface area contributed by atoms with E-state index in [4.69, 9.17) is 23.8 Å². The zero-order valence-corrected chi connectivity index (χ0v) is 30.4. The third kappa shape index (κ3) is 4.94. The van der Waals surface area contributed by atoms with Crippen molar-refractivity contribution in [2.75, 3.05) is 0 Å². The summed E-state index contributed by atoms with van der Waals surface area (Å²) in [6, 6.07) is 62.6. The molecule has 0 spiro atoms. The van der Waals surface area contributed by atoms with Crippen LogP contribution in [-0.2, 0) is 0 Å². The van der Waals surface area contributed by atoms with Gasteiger partial charge in [-0.2, -0.15) is 0 Å². The van der Waals surface area contributed by atoms with Crippen molar-refractivity contribution in [3.05, 3.63) is 182 Å². The molecule has 0 fully saturated rings. The van der Waals surface area contributed by atoms with Gasteiger partial charge >= 0.3 is 0 Å². The number of hydrogen-bond donors (Lipinski definition) is 0. The number of benzene rings is 8. The van der Waals surface area contributed by atoms with E-state index in [1.807, 2.05) is 60.7 Å². The molecule has 0 saturated heterocycles. The SMILES string of the molecule is c1ccc(-c2nc(-c3ccc4c(c3)oc3c(-c5ccccc5)cccc34)nc(-c3ccc4c(c3)oc3c(-n5c6ccccc6c6ccccc65)cccc34)n2)cc1. The second-order valence-corrected chi connectivity index (χ2v) is 14.4. The number of furan rings is 2. The lowest BCUT2D eigenvalue weighted by Crippen LogP contribution is -2.00. The van der Waals surface area contributed by atoms with Crippen molar-refractivity contribution in [1.29, 1.82) is 0 Å². The fraction of sp³-hybridized carbons (Fsp3) is 0. The highest BCUT2D eigenvalue weighted by molar-refractivity contribution is 6.13. The van der Waals surface area contributed by atoms with Crippen molar-refractivity contribution in [2.24, 2.45) is 0 Å². The molecule has 0 radical (unpaired) electrons. The van der Waals surface area contributed by atoms with Crippen LogP contribution in [0.4, 0.5) is 0 Å². The summed E-state index contributed by atoms with van der Waals surface area (Å²) in [6.07, 6.45) is 0. The van der Waals surface area contributed by atoms with Crippen LogP contribution in [0.2, 0.25) is 0 Å². The molecule has 0 N–H and O–H groups in total. The Labute approximate surface area is 325 Å². The summed E-state index contributed by atoms with van der Waals surface area (Å²) < 4.78 is 15.7. The van der Waals surface area contributed by atoms with Crippen molar-refractivity contribution < 1.29 is 8.83 Å².